The van der Waals surface area contributed by atoms with Gasteiger partial charge in [0.2, 0.25) is 5.91 Å². The van der Waals surface area contributed by atoms with Crippen molar-refractivity contribution in [1.82, 2.24) is 29.7 Å². The van der Waals surface area contributed by atoms with Crippen molar-refractivity contribution in [2.45, 2.75) is 32.1 Å². The predicted octanol–water partition coefficient (Wildman–Crippen LogP) is 2.11. The number of rotatable bonds is 5. The summed E-state index contributed by atoms with van der Waals surface area (Å²) in [6, 6.07) is 1.72. The largest absolute Gasteiger partial charge is 0.432 e. The van der Waals surface area contributed by atoms with Crippen molar-refractivity contribution in [3.63, 3.8) is 0 Å². The molecule has 2 aliphatic heterocycles. The maximum absolute atomic E-state index is 13.4. The zero-order valence-electron chi connectivity index (χ0n) is 17.2. The standard InChI is InChI=1S/C20H25F3N6O2/c1-28(11-16-24-5-2-6-25-16)18(30)14-10-29(13-19(14)3-7-31-8-4-19)12-17-26-9-15(27-17)20(21,22)23/h2,5-6,9,14H,3-4,7-8,10-13H2,1H3,(H,26,27)/t14-/m0/s1. The Morgan fingerprint density at radius 1 is 1.29 bits per heavy atom. The number of amides is 1. The molecule has 1 N–H and O–H groups in total. The van der Waals surface area contributed by atoms with Crippen LogP contribution in [0, 0.1) is 11.3 Å². The summed E-state index contributed by atoms with van der Waals surface area (Å²) in [6.45, 7) is 2.75. The number of likely N-dealkylation sites (tertiary alicyclic amines) is 1. The second-order valence-corrected chi connectivity index (χ2v) is 8.30. The fraction of sp³-hybridized carbons (Fsp3) is 0.600. The smallest absolute Gasteiger partial charge is 0.381 e. The zero-order chi connectivity index (χ0) is 22.1. The summed E-state index contributed by atoms with van der Waals surface area (Å²) in [7, 11) is 1.73. The first kappa shape index (κ1) is 21.7. The lowest BCUT2D eigenvalue weighted by Gasteiger charge is -2.38. The van der Waals surface area contributed by atoms with Crippen LogP contribution in [-0.2, 0) is 28.8 Å². The van der Waals surface area contributed by atoms with Gasteiger partial charge in [0.15, 0.2) is 0 Å². The van der Waals surface area contributed by atoms with Gasteiger partial charge in [0, 0.05) is 51.2 Å². The molecule has 168 valence electrons. The molecule has 31 heavy (non-hydrogen) atoms. The first-order chi connectivity index (χ1) is 14.8. The number of H-pyrrole nitrogens is 1. The summed E-state index contributed by atoms with van der Waals surface area (Å²) < 4.78 is 44.2. The van der Waals surface area contributed by atoms with E-state index in [1.807, 2.05) is 4.90 Å². The lowest BCUT2D eigenvalue weighted by molar-refractivity contribution is -0.141. The maximum Gasteiger partial charge on any atom is 0.432 e. The lowest BCUT2D eigenvalue weighted by Crippen LogP contribution is -2.45. The van der Waals surface area contributed by atoms with E-state index in [1.165, 1.54) is 0 Å². The molecule has 11 heteroatoms. The number of nitrogens with zero attached hydrogens (tertiary/aromatic N) is 5. The normalized spacial score (nSPS) is 21.5. The predicted molar refractivity (Wildman–Crippen MR) is 103 cm³/mol. The van der Waals surface area contributed by atoms with Gasteiger partial charge in [0.25, 0.3) is 0 Å². The first-order valence-corrected chi connectivity index (χ1v) is 10.2. The van der Waals surface area contributed by atoms with Crippen LogP contribution in [0.4, 0.5) is 13.2 Å². The van der Waals surface area contributed by atoms with Crippen molar-refractivity contribution >= 4 is 5.91 Å². The Morgan fingerprint density at radius 2 is 2.00 bits per heavy atom. The molecule has 0 bridgehead atoms. The molecular formula is C20H25F3N6O2. The Morgan fingerprint density at radius 3 is 2.65 bits per heavy atom. The Kier molecular flexibility index (Phi) is 5.98. The van der Waals surface area contributed by atoms with Gasteiger partial charge in [-0.1, -0.05) is 0 Å². The minimum absolute atomic E-state index is 0.00715. The van der Waals surface area contributed by atoms with Crippen LogP contribution in [0.2, 0.25) is 0 Å². The fourth-order valence-corrected chi connectivity index (χ4v) is 4.58. The van der Waals surface area contributed by atoms with Crippen LogP contribution in [0.25, 0.3) is 0 Å². The number of hydrogen-bond acceptors (Lipinski definition) is 6. The molecule has 8 nitrogen and oxygen atoms in total. The third-order valence-corrected chi connectivity index (χ3v) is 6.19. The number of hydrogen-bond donors (Lipinski definition) is 1. The summed E-state index contributed by atoms with van der Waals surface area (Å²) in [5.74, 6) is 0.521. The van der Waals surface area contributed by atoms with Crippen molar-refractivity contribution < 1.29 is 22.7 Å². The number of carbonyl (C=O) groups is 1. The monoisotopic (exact) mass is 438 g/mol. The number of carbonyl (C=O) groups excluding carboxylic acids is 1. The van der Waals surface area contributed by atoms with Crippen LogP contribution in [0.1, 0.15) is 30.2 Å². The van der Waals surface area contributed by atoms with Crippen LogP contribution < -0.4 is 0 Å². The molecule has 0 aromatic carbocycles. The molecular weight excluding hydrogens is 413 g/mol. The zero-order valence-corrected chi connectivity index (χ0v) is 17.2. The maximum atomic E-state index is 13.4. The van der Waals surface area contributed by atoms with Crippen molar-refractivity contribution in [3.05, 3.63) is 42.0 Å². The van der Waals surface area contributed by atoms with Crippen LogP contribution >= 0.6 is 0 Å². The molecule has 4 heterocycles. The van der Waals surface area contributed by atoms with E-state index in [9.17, 15) is 18.0 Å². The van der Waals surface area contributed by atoms with Crippen molar-refractivity contribution in [3.8, 4) is 0 Å². The highest BCUT2D eigenvalue weighted by Gasteiger charge is 2.51. The van der Waals surface area contributed by atoms with Gasteiger partial charge in [-0.15, -0.1) is 0 Å². The molecule has 1 amide bonds. The summed E-state index contributed by atoms with van der Waals surface area (Å²) in [5.41, 5.74) is -1.13. The third kappa shape index (κ3) is 4.72. The number of aromatic amines is 1. The number of aromatic nitrogens is 4. The highest BCUT2D eigenvalue weighted by Crippen LogP contribution is 2.45. The number of ether oxygens (including phenoxy) is 1. The van der Waals surface area contributed by atoms with E-state index in [1.54, 1.807) is 30.4 Å². The van der Waals surface area contributed by atoms with Gasteiger partial charge in [-0.2, -0.15) is 13.2 Å². The van der Waals surface area contributed by atoms with E-state index in [-0.39, 0.29) is 29.6 Å². The average molecular weight is 438 g/mol. The van der Waals surface area contributed by atoms with Gasteiger partial charge >= 0.3 is 6.18 Å². The molecule has 0 radical (unpaired) electrons. The van der Waals surface area contributed by atoms with Gasteiger partial charge in [-0.3, -0.25) is 9.69 Å². The molecule has 1 atom stereocenters. The van der Waals surface area contributed by atoms with Crippen LogP contribution in [-0.4, -0.2) is 69.0 Å². The van der Waals surface area contributed by atoms with Gasteiger partial charge < -0.3 is 14.6 Å². The number of imidazole rings is 1. The van der Waals surface area contributed by atoms with Crippen LogP contribution in [0.3, 0.4) is 0 Å². The number of halogens is 3. The summed E-state index contributed by atoms with van der Waals surface area (Å²) in [4.78, 5) is 31.6. The molecule has 2 fully saturated rings. The Labute approximate surface area is 177 Å². The number of alkyl halides is 3. The molecule has 0 aliphatic carbocycles. The summed E-state index contributed by atoms with van der Waals surface area (Å²) >= 11 is 0. The molecule has 2 aliphatic rings. The molecule has 4 rings (SSSR count). The van der Waals surface area contributed by atoms with E-state index >= 15 is 0 Å². The Bertz CT molecular complexity index is 898. The van der Waals surface area contributed by atoms with E-state index in [0.29, 0.717) is 38.7 Å². The minimum atomic E-state index is -4.46. The van der Waals surface area contributed by atoms with E-state index in [4.69, 9.17) is 4.74 Å². The van der Waals surface area contributed by atoms with Gasteiger partial charge in [0.05, 0.1) is 25.2 Å². The molecule has 2 aromatic heterocycles. The van der Waals surface area contributed by atoms with Crippen LogP contribution in [0.5, 0.6) is 0 Å². The van der Waals surface area contributed by atoms with E-state index in [2.05, 4.69) is 19.9 Å². The third-order valence-electron chi connectivity index (χ3n) is 6.19. The molecule has 1 spiro atoms. The molecule has 2 saturated heterocycles. The van der Waals surface area contributed by atoms with Gasteiger partial charge in [-0.25, -0.2) is 15.0 Å². The summed E-state index contributed by atoms with van der Waals surface area (Å²) in [5, 5.41) is 0. The Balaban J connectivity index is 1.49. The summed E-state index contributed by atoms with van der Waals surface area (Å²) in [6.07, 6.45) is 1.10. The van der Waals surface area contributed by atoms with E-state index < -0.39 is 11.9 Å². The van der Waals surface area contributed by atoms with Crippen molar-refractivity contribution in [2.75, 3.05) is 33.4 Å². The highest BCUT2D eigenvalue weighted by atomic mass is 19.4. The molecule has 0 unspecified atom stereocenters. The average Bonchev–Trinajstić information content (AvgIpc) is 3.34. The fourth-order valence-electron chi connectivity index (χ4n) is 4.58. The topological polar surface area (TPSA) is 87.2 Å². The van der Waals surface area contributed by atoms with E-state index in [0.717, 1.165) is 19.0 Å². The van der Waals surface area contributed by atoms with Crippen LogP contribution in [0.15, 0.2) is 24.7 Å². The SMILES string of the molecule is CN(Cc1ncccn1)C(=O)[C@@H]1CN(Cc2ncc(C(F)(F)F)[nH]2)CC12CCOCC2. The first-order valence-electron chi connectivity index (χ1n) is 10.2. The molecule has 2 aromatic rings. The van der Waals surface area contributed by atoms with Gasteiger partial charge in [-0.05, 0) is 18.9 Å². The Hall–Kier alpha value is -2.53. The van der Waals surface area contributed by atoms with Crippen molar-refractivity contribution in [1.29, 1.82) is 0 Å². The molecule has 0 saturated carbocycles. The van der Waals surface area contributed by atoms with Crippen molar-refractivity contribution in [2.24, 2.45) is 11.3 Å². The quantitative estimate of drug-likeness (QED) is 0.770. The lowest BCUT2D eigenvalue weighted by atomic mass is 9.71. The minimum Gasteiger partial charge on any atom is -0.381 e. The highest BCUT2D eigenvalue weighted by molar-refractivity contribution is 5.80. The second kappa shape index (κ2) is 8.54. The second-order valence-electron chi connectivity index (χ2n) is 8.30. The van der Waals surface area contributed by atoms with Gasteiger partial charge in [0.1, 0.15) is 17.3 Å². The number of nitrogens with one attached hydrogen (secondary N) is 1.